The lowest BCUT2D eigenvalue weighted by atomic mass is 10.2. The third-order valence-corrected chi connectivity index (χ3v) is 4.02. The first-order chi connectivity index (χ1) is 10.0. The maximum atomic E-state index is 8.79. The Morgan fingerprint density at radius 2 is 2.05 bits per heavy atom. The Balaban J connectivity index is 2.11. The first kappa shape index (κ1) is 15.5. The van der Waals surface area contributed by atoms with Crippen LogP contribution < -0.4 is 10.6 Å². The molecule has 116 valence electrons. The summed E-state index contributed by atoms with van der Waals surface area (Å²) in [4.78, 5) is 13.5. The van der Waals surface area contributed by atoms with Crippen LogP contribution in [0.4, 0.5) is 5.95 Å². The van der Waals surface area contributed by atoms with Crippen LogP contribution in [0.3, 0.4) is 0 Å². The number of hydrogen-bond acceptors (Lipinski definition) is 6. The third kappa shape index (κ3) is 3.60. The number of oxime groups is 1. The second-order valence-electron chi connectivity index (χ2n) is 5.46. The van der Waals surface area contributed by atoms with E-state index in [0.29, 0.717) is 17.7 Å². The average molecular weight is 292 g/mol. The summed E-state index contributed by atoms with van der Waals surface area (Å²) in [6.45, 7) is 10.2. The van der Waals surface area contributed by atoms with E-state index in [9.17, 15) is 0 Å². The van der Waals surface area contributed by atoms with Crippen LogP contribution in [0.5, 0.6) is 0 Å². The van der Waals surface area contributed by atoms with Crippen LogP contribution in [-0.4, -0.2) is 58.1 Å². The molecule has 1 aromatic heterocycles. The second kappa shape index (κ2) is 6.71. The van der Waals surface area contributed by atoms with E-state index in [1.165, 1.54) is 0 Å². The first-order valence-corrected chi connectivity index (χ1v) is 7.37. The lowest BCUT2D eigenvalue weighted by molar-refractivity contribution is 0.192. The van der Waals surface area contributed by atoms with Crippen molar-refractivity contribution in [1.29, 1.82) is 0 Å². The number of rotatable bonds is 4. The number of nitrogens with zero attached hydrogens (tertiary/aromatic N) is 5. The summed E-state index contributed by atoms with van der Waals surface area (Å²) in [5, 5.41) is 11.8. The molecule has 0 radical (unpaired) electrons. The van der Waals surface area contributed by atoms with Gasteiger partial charge in [0.15, 0.2) is 5.84 Å². The monoisotopic (exact) mass is 292 g/mol. The Bertz CT molecular complexity index is 510. The van der Waals surface area contributed by atoms with Crippen LogP contribution in [0.2, 0.25) is 0 Å². The number of nitrogens with two attached hydrogens (primary N) is 1. The van der Waals surface area contributed by atoms with E-state index in [1.807, 2.05) is 6.92 Å². The molecule has 1 atom stereocenters. The highest BCUT2D eigenvalue weighted by Crippen LogP contribution is 2.15. The van der Waals surface area contributed by atoms with Gasteiger partial charge in [0.25, 0.3) is 0 Å². The molecule has 0 bridgehead atoms. The highest BCUT2D eigenvalue weighted by molar-refractivity contribution is 5.95. The van der Waals surface area contributed by atoms with E-state index in [-0.39, 0.29) is 5.84 Å². The fraction of sp³-hybridized carbons (Fsp3) is 0.643. The molecule has 7 nitrogen and oxygen atoms in total. The number of amidine groups is 1. The Morgan fingerprint density at radius 1 is 1.38 bits per heavy atom. The van der Waals surface area contributed by atoms with E-state index in [1.54, 1.807) is 6.07 Å². The van der Waals surface area contributed by atoms with Crippen molar-refractivity contribution in [2.75, 3.05) is 31.1 Å². The smallest absolute Gasteiger partial charge is 0.226 e. The van der Waals surface area contributed by atoms with Gasteiger partial charge in [0.2, 0.25) is 5.95 Å². The third-order valence-electron chi connectivity index (χ3n) is 4.02. The van der Waals surface area contributed by atoms with Crippen molar-refractivity contribution in [1.82, 2.24) is 14.9 Å². The summed E-state index contributed by atoms with van der Waals surface area (Å²) in [5.74, 6) is 0.667. The molecule has 1 fully saturated rings. The average Bonchev–Trinajstić information content (AvgIpc) is 2.52. The topological polar surface area (TPSA) is 90.9 Å². The Hall–Kier alpha value is -1.89. The summed E-state index contributed by atoms with van der Waals surface area (Å²) >= 11 is 0. The largest absolute Gasteiger partial charge is 0.409 e. The van der Waals surface area contributed by atoms with Crippen molar-refractivity contribution < 1.29 is 5.21 Å². The van der Waals surface area contributed by atoms with Crippen LogP contribution >= 0.6 is 0 Å². The molecule has 0 amide bonds. The summed E-state index contributed by atoms with van der Waals surface area (Å²) in [7, 11) is 0. The van der Waals surface area contributed by atoms with E-state index in [2.05, 4.69) is 38.8 Å². The maximum Gasteiger partial charge on any atom is 0.226 e. The van der Waals surface area contributed by atoms with E-state index >= 15 is 0 Å². The van der Waals surface area contributed by atoms with Gasteiger partial charge >= 0.3 is 0 Å². The molecule has 1 unspecified atom stereocenters. The predicted molar refractivity (Wildman–Crippen MR) is 82.8 cm³/mol. The highest BCUT2D eigenvalue weighted by atomic mass is 16.4. The van der Waals surface area contributed by atoms with Gasteiger partial charge in [-0.05, 0) is 26.3 Å². The van der Waals surface area contributed by atoms with Gasteiger partial charge in [0, 0.05) is 37.9 Å². The fourth-order valence-electron chi connectivity index (χ4n) is 2.50. The number of hydrogen-bond donors (Lipinski definition) is 2. The summed E-state index contributed by atoms with van der Waals surface area (Å²) in [5.41, 5.74) is 6.90. The van der Waals surface area contributed by atoms with E-state index < -0.39 is 0 Å². The normalized spacial score (nSPS) is 18.8. The quantitative estimate of drug-likeness (QED) is 0.369. The summed E-state index contributed by atoms with van der Waals surface area (Å²) < 4.78 is 0. The molecule has 2 heterocycles. The molecule has 2 rings (SSSR count). The van der Waals surface area contributed by atoms with Crippen molar-refractivity contribution in [2.45, 2.75) is 33.2 Å². The molecule has 0 saturated carbocycles. The molecule has 21 heavy (non-hydrogen) atoms. The van der Waals surface area contributed by atoms with Crippen LogP contribution in [0.1, 0.15) is 31.7 Å². The maximum absolute atomic E-state index is 8.79. The second-order valence-corrected chi connectivity index (χ2v) is 5.46. The molecule has 0 spiro atoms. The van der Waals surface area contributed by atoms with Crippen LogP contribution in [0, 0.1) is 6.92 Å². The van der Waals surface area contributed by atoms with Gasteiger partial charge in [-0.25, -0.2) is 9.97 Å². The van der Waals surface area contributed by atoms with Crippen LogP contribution in [-0.2, 0) is 0 Å². The standard InChI is InChI=1S/C14H24N6O/c1-4-11(3)19-5-7-20(8-6-19)14-16-10(2)9-12(17-14)13(15)18-21/h9,11,21H,4-8H2,1-3H3,(H2,15,18). The van der Waals surface area contributed by atoms with Crippen molar-refractivity contribution >= 4 is 11.8 Å². The van der Waals surface area contributed by atoms with E-state index in [4.69, 9.17) is 10.9 Å². The molecule has 1 aliphatic rings. The summed E-state index contributed by atoms with van der Waals surface area (Å²) in [6, 6.07) is 2.33. The molecule has 0 aliphatic carbocycles. The van der Waals surface area contributed by atoms with Gasteiger partial charge in [-0.3, -0.25) is 4.90 Å². The van der Waals surface area contributed by atoms with Gasteiger partial charge in [-0.15, -0.1) is 0 Å². The SMILES string of the molecule is CCC(C)N1CCN(c2nc(C)cc(/C(N)=N/O)n2)CC1. The van der Waals surface area contributed by atoms with Gasteiger partial charge in [0.05, 0.1) is 0 Å². The lowest BCUT2D eigenvalue weighted by Gasteiger charge is -2.37. The molecule has 7 heteroatoms. The number of aromatic nitrogens is 2. The highest BCUT2D eigenvalue weighted by Gasteiger charge is 2.22. The minimum atomic E-state index is 0.0139. The molecular formula is C14H24N6O. The minimum Gasteiger partial charge on any atom is -0.409 e. The minimum absolute atomic E-state index is 0.0139. The molecule has 1 aromatic rings. The fourth-order valence-corrected chi connectivity index (χ4v) is 2.50. The van der Waals surface area contributed by atoms with Crippen molar-refractivity contribution in [3.8, 4) is 0 Å². The van der Waals surface area contributed by atoms with Crippen molar-refractivity contribution in [3.63, 3.8) is 0 Å². The van der Waals surface area contributed by atoms with E-state index in [0.717, 1.165) is 38.3 Å². The van der Waals surface area contributed by atoms with Crippen LogP contribution in [0.25, 0.3) is 0 Å². The van der Waals surface area contributed by atoms with Crippen molar-refractivity contribution in [3.05, 3.63) is 17.5 Å². The van der Waals surface area contributed by atoms with Crippen LogP contribution in [0.15, 0.2) is 11.2 Å². The van der Waals surface area contributed by atoms with Crippen molar-refractivity contribution in [2.24, 2.45) is 10.9 Å². The molecule has 3 N–H and O–H groups in total. The predicted octanol–water partition coefficient (Wildman–Crippen LogP) is 0.800. The first-order valence-electron chi connectivity index (χ1n) is 7.37. The van der Waals surface area contributed by atoms with Gasteiger partial charge in [-0.2, -0.15) is 0 Å². The molecule has 0 aromatic carbocycles. The number of piperazine rings is 1. The number of aryl methyl sites for hydroxylation is 1. The Kier molecular flexibility index (Phi) is 4.95. The molecule has 1 aliphatic heterocycles. The number of anilines is 1. The Labute approximate surface area is 125 Å². The summed E-state index contributed by atoms with van der Waals surface area (Å²) in [6.07, 6.45) is 1.16. The zero-order chi connectivity index (χ0) is 15.4. The lowest BCUT2D eigenvalue weighted by Crippen LogP contribution is -2.50. The zero-order valence-corrected chi connectivity index (χ0v) is 13.0. The van der Waals surface area contributed by atoms with Gasteiger partial charge in [-0.1, -0.05) is 12.1 Å². The molecular weight excluding hydrogens is 268 g/mol. The van der Waals surface area contributed by atoms with Gasteiger partial charge < -0.3 is 15.8 Å². The van der Waals surface area contributed by atoms with Gasteiger partial charge in [0.1, 0.15) is 5.69 Å². The zero-order valence-electron chi connectivity index (χ0n) is 13.0. The molecule has 1 saturated heterocycles. The Morgan fingerprint density at radius 3 is 2.62 bits per heavy atom.